The van der Waals surface area contributed by atoms with Gasteiger partial charge in [0.05, 0.1) is 6.61 Å². The third-order valence-corrected chi connectivity index (χ3v) is 3.57. The van der Waals surface area contributed by atoms with Gasteiger partial charge in [-0.3, -0.25) is 4.90 Å². The molecule has 0 fully saturated rings. The molecule has 1 aromatic rings. The zero-order chi connectivity index (χ0) is 15.7. The molecule has 0 spiro atoms. The molecule has 0 aliphatic rings. The monoisotopic (exact) mass is 292 g/mol. The first-order chi connectivity index (χ1) is 10.0. The van der Waals surface area contributed by atoms with Gasteiger partial charge in [-0.25, -0.2) is 0 Å². The molecule has 1 N–H and O–H groups in total. The molecule has 0 aromatic heterocycles. The van der Waals surface area contributed by atoms with E-state index in [1.807, 2.05) is 0 Å². The normalized spacial score (nSPS) is 11.8. The summed E-state index contributed by atoms with van der Waals surface area (Å²) in [6, 6.07) is 9.43. The van der Waals surface area contributed by atoms with E-state index in [0.717, 1.165) is 32.8 Å². The zero-order valence-electron chi connectivity index (χ0n) is 14.4. The lowest BCUT2D eigenvalue weighted by Gasteiger charge is -2.26. The molecular formula is C18H32N2O. The van der Waals surface area contributed by atoms with E-state index >= 15 is 0 Å². The van der Waals surface area contributed by atoms with E-state index in [1.54, 1.807) is 7.11 Å². The number of hydrogen-bond donors (Lipinski definition) is 1. The molecule has 0 radical (unpaired) electrons. The molecule has 0 heterocycles. The van der Waals surface area contributed by atoms with Crippen molar-refractivity contribution >= 4 is 0 Å². The minimum Gasteiger partial charge on any atom is -0.383 e. The van der Waals surface area contributed by atoms with Crippen LogP contribution in [0.5, 0.6) is 0 Å². The van der Waals surface area contributed by atoms with Crippen molar-refractivity contribution < 1.29 is 4.74 Å². The Morgan fingerprint density at radius 1 is 1.14 bits per heavy atom. The predicted octanol–water partition coefficient (Wildman–Crippen LogP) is 3.29. The molecule has 3 heteroatoms. The summed E-state index contributed by atoms with van der Waals surface area (Å²) >= 11 is 0. The van der Waals surface area contributed by atoms with Crippen LogP contribution < -0.4 is 5.32 Å². The summed E-state index contributed by atoms with van der Waals surface area (Å²) in [5.74, 6) is 0.693. The molecule has 0 amide bonds. The molecule has 0 atom stereocenters. The summed E-state index contributed by atoms with van der Waals surface area (Å²) in [4.78, 5) is 2.45. The molecule has 0 unspecified atom stereocenters. The van der Waals surface area contributed by atoms with Crippen molar-refractivity contribution in [2.45, 2.75) is 46.8 Å². The van der Waals surface area contributed by atoms with E-state index in [-0.39, 0.29) is 0 Å². The van der Waals surface area contributed by atoms with Crippen LogP contribution in [0.3, 0.4) is 0 Å². The van der Waals surface area contributed by atoms with E-state index in [1.165, 1.54) is 11.1 Å². The number of nitrogens with zero attached hydrogens (tertiary/aromatic N) is 1. The van der Waals surface area contributed by atoms with Gasteiger partial charge in [0, 0.05) is 32.8 Å². The van der Waals surface area contributed by atoms with Crippen LogP contribution in [-0.2, 0) is 17.8 Å². The van der Waals surface area contributed by atoms with Crippen molar-refractivity contribution in [3.05, 3.63) is 35.4 Å². The number of benzene rings is 1. The van der Waals surface area contributed by atoms with Crippen LogP contribution in [0, 0.1) is 5.92 Å². The molecule has 1 rings (SSSR count). The Labute approximate surface area is 130 Å². The molecule has 0 saturated heterocycles. The lowest BCUT2D eigenvalue weighted by molar-refractivity contribution is 0.125. The van der Waals surface area contributed by atoms with Crippen molar-refractivity contribution in [2.24, 2.45) is 5.92 Å². The van der Waals surface area contributed by atoms with Crippen LogP contribution in [-0.4, -0.2) is 37.7 Å². The minimum absolute atomic E-state index is 0.530. The average Bonchev–Trinajstić information content (AvgIpc) is 2.43. The standard InChI is InChI=1S/C18H32N2O/c1-15(2)12-19-13-17-7-6-8-18(11-17)14-20(16(3)4)9-10-21-5/h6-8,11,15-16,19H,9-10,12-14H2,1-5H3. The number of ether oxygens (including phenoxy) is 1. The van der Waals surface area contributed by atoms with Gasteiger partial charge in [-0.1, -0.05) is 38.1 Å². The first-order valence-electron chi connectivity index (χ1n) is 8.04. The topological polar surface area (TPSA) is 24.5 Å². The van der Waals surface area contributed by atoms with Crippen LogP contribution >= 0.6 is 0 Å². The lowest BCUT2D eigenvalue weighted by atomic mass is 10.1. The Morgan fingerprint density at radius 2 is 1.86 bits per heavy atom. The maximum atomic E-state index is 5.21. The van der Waals surface area contributed by atoms with Gasteiger partial charge in [-0.05, 0) is 37.4 Å². The summed E-state index contributed by atoms with van der Waals surface area (Å²) in [5.41, 5.74) is 2.74. The van der Waals surface area contributed by atoms with Crippen molar-refractivity contribution in [3.63, 3.8) is 0 Å². The van der Waals surface area contributed by atoms with Gasteiger partial charge in [0.15, 0.2) is 0 Å². The highest BCUT2D eigenvalue weighted by Crippen LogP contribution is 2.11. The second-order valence-corrected chi connectivity index (χ2v) is 6.40. The molecule has 3 nitrogen and oxygen atoms in total. The molecule has 0 aliphatic heterocycles. The largest absolute Gasteiger partial charge is 0.383 e. The van der Waals surface area contributed by atoms with Crippen LogP contribution in [0.4, 0.5) is 0 Å². The Bertz CT molecular complexity index is 391. The summed E-state index contributed by atoms with van der Waals surface area (Å²) in [5, 5.41) is 3.51. The number of rotatable bonds is 10. The highest BCUT2D eigenvalue weighted by Gasteiger charge is 2.10. The average molecular weight is 292 g/mol. The second kappa shape index (κ2) is 9.93. The fourth-order valence-electron chi connectivity index (χ4n) is 2.31. The number of hydrogen-bond acceptors (Lipinski definition) is 3. The molecule has 21 heavy (non-hydrogen) atoms. The van der Waals surface area contributed by atoms with Crippen LogP contribution in [0.2, 0.25) is 0 Å². The van der Waals surface area contributed by atoms with E-state index in [2.05, 4.69) is 62.2 Å². The predicted molar refractivity (Wildman–Crippen MR) is 90.4 cm³/mol. The van der Waals surface area contributed by atoms with Gasteiger partial charge < -0.3 is 10.1 Å². The van der Waals surface area contributed by atoms with E-state index in [0.29, 0.717) is 12.0 Å². The first-order valence-corrected chi connectivity index (χ1v) is 8.04. The highest BCUT2D eigenvalue weighted by atomic mass is 16.5. The Balaban J connectivity index is 2.57. The van der Waals surface area contributed by atoms with Crippen molar-refractivity contribution in [2.75, 3.05) is 26.8 Å². The van der Waals surface area contributed by atoms with Gasteiger partial charge in [0.1, 0.15) is 0 Å². The van der Waals surface area contributed by atoms with Gasteiger partial charge in [0.25, 0.3) is 0 Å². The third kappa shape index (κ3) is 7.60. The third-order valence-electron chi connectivity index (χ3n) is 3.57. The smallest absolute Gasteiger partial charge is 0.0589 e. The Hall–Kier alpha value is -0.900. The number of nitrogens with one attached hydrogen (secondary N) is 1. The van der Waals surface area contributed by atoms with Crippen molar-refractivity contribution in [3.8, 4) is 0 Å². The van der Waals surface area contributed by atoms with Gasteiger partial charge in [0.2, 0.25) is 0 Å². The highest BCUT2D eigenvalue weighted by molar-refractivity contribution is 5.23. The van der Waals surface area contributed by atoms with E-state index < -0.39 is 0 Å². The maximum Gasteiger partial charge on any atom is 0.0589 e. The minimum atomic E-state index is 0.530. The second-order valence-electron chi connectivity index (χ2n) is 6.40. The molecule has 0 saturated carbocycles. The van der Waals surface area contributed by atoms with Crippen LogP contribution in [0.25, 0.3) is 0 Å². The zero-order valence-corrected chi connectivity index (χ0v) is 14.4. The van der Waals surface area contributed by atoms with Gasteiger partial charge in [-0.2, -0.15) is 0 Å². The quantitative estimate of drug-likeness (QED) is 0.716. The van der Waals surface area contributed by atoms with Crippen molar-refractivity contribution in [1.29, 1.82) is 0 Å². The molecule has 1 aromatic carbocycles. The van der Waals surface area contributed by atoms with Crippen LogP contribution in [0.1, 0.15) is 38.8 Å². The van der Waals surface area contributed by atoms with Crippen molar-refractivity contribution in [1.82, 2.24) is 10.2 Å². The SMILES string of the molecule is COCCN(Cc1cccc(CNCC(C)C)c1)C(C)C. The number of methoxy groups -OCH3 is 1. The lowest BCUT2D eigenvalue weighted by Crippen LogP contribution is -2.33. The molecule has 120 valence electrons. The maximum absolute atomic E-state index is 5.21. The first kappa shape index (κ1) is 18.1. The summed E-state index contributed by atoms with van der Waals surface area (Å²) in [6.07, 6.45) is 0. The Morgan fingerprint density at radius 3 is 2.48 bits per heavy atom. The fourth-order valence-corrected chi connectivity index (χ4v) is 2.31. The Kier molecular flexibility index (Phi) is 8.58. The van der Waals surface area contributed by atoms with Gasteiger partial charge >= 0.3 is 0 Å². The molecular weight excluding hydrogens is 260 g/mol. The van der Waals surface area contributed by atoms with Gasteiger partial charge in [-0.15, -0.1) is 0 Å². The van der Waals surface area contributed by atoms with E-state index in [9.17, 15) is 0 Å². The summed E-state index contributed by atoms with van der Waals surface area (Å²) in [6.45, 7) is 13.7. The molecule has 0 bridgehead atoms. The van der Waals surface area contributed by atoms with Crippen LogP contribution in [0.15, 0.2) is 24.3 Å². The molecule has 0 aliphatic carbocycles. The fraction of sp³-hybridized carbons (Fsp3) is 0.667. The van der Waals surface area contributed by atoms with E-state index in [4.69, 9.17) is 4.74 Å². The summed E-state index contributed by atoms with van der Waals surface area (Å²) in [7, 11) is 1.76. The summed E-state index contributed by atoms with van der Waals surface area (Å²) < 4.78 is 5.21.